The van der Waals surface area contributed by atoms with Gasteiger partial charge in [-0.2, -0.15) is 0 Å². The van der Waals surface area contributed by atoms with E-state index in [9.17, 15) is 19.0 Å². The molecule has 0 aliphatic carbocycles. The molecule has 0 aromatic carbocycles. The topological polar surface area (TPSA) is 121 Å². The molecule has 0 aromatic rings. The number of carbonyl (C=O) groups excluding carboxylic acids is 2. The van der Waals surface area contributed by atoms with Crippen LogP contribution in [-0.4, -0.2) is 87.1 Å². The van der Waals surface area contributed by atoms with E-state index in [1.807, 2.05) is 27.2 Å². The molecular formula is C42H77NO9P+. The van der Waals surface area contributed by atoms with E-state index in [1.54, 1.807) is 0 Å². The molecule has 0 aromatic heterocycles. The van der Waals surface area contributed by atoms with Crippen LogP contribution >= 0.6 is 7.82 Å². The van der Waals surface area contributed by atoms with Crippen molar-refractivity contribution in [3.05, 3.63) is 36.5 Å². The third kappa shape index (κ3) is 32.2. The maximum atomic E-state index is 12.7. The molecule has 11 heteroatoms. The number of rotatable bonds is 36. The fourth-order valence-electron chi connectivity index (χ4n) is 5.63. The van der Waals surface area contributed by atoms with Gasteiger partial charge in [-0.25, -0.2) is 4.57 Å². The Hall–Kier alpha value is -1.81. The molecular weight excluding hydrogens is 693 g/mol. The molecule has 0 radical (unpaired) electrons. The first-order valence-corrected chi connectivity index (χ1v) is 22.3. The van der Waals surface area contributed by atoms with Crippen molar-refractivity contribution in [2.75, 3.05) is 47.5 Å². The molecule has 0 amide bonds. The molecule has 0 spiro atoms. The lowest BCUT2D eigenvalue weighted by molar-refractivity contribution is -0.870. The normalized spacial score (nSPS) is 17.8. The van der Waals surface area contributed by atoms with Crippen molar-refractivity contribution in [2.24, 2.45) is 0 Å². The third-order valence-corrected chi connectivity index (χ3v) is 10.1. The van der Waals surface area contributed by atoms with E-state index in [1.165, 1.54) is 70.6 Å². The van der Waals surface area contributed by atoms with Crippen LogP contribution in [0.5, 0.6) is 0 Å². The van der Waals surface area contributed by atoms with Crippen molar-refractivity contribution in [3.63, 3.8) is 0 Å². The summed E-state index contributed by atoms with van der Waals surface area (Å²) < 4.78 is 39.9. The number of epoxide rings is 1. The number of ether oxygens (including phenoxy) is 3. The standard InChI is InChI=1S/C42H76NO9P/c1-6-8-10-12-14-15-16-17-20-24-28-32-41(44)48-36-38(37-50-53(46,47)49-35-34-43(3,4)5)51-42(45)33-29-25-21-18-19-23-27-31-40-39(52-40)30-26-22-13-11-9-7-2/h18,21-23,26-27,38-40H,6-17,19-20,24-25,28-37H2,1-5H3/p+1/b21-18-,26-22-,27-23-. The molecule has 1 aliphatic heterocycles. The Morgan fingerprint density at radius 1 is 0.679 bits per heavy atom. The second kappa shape index (κ2) is 31.4. The lowest BCUT2D eigenvalue weighted by Crippen LogP contribution is -2.37. The van der Waals surface area contributed by atoms with Crippen LogP contribution in [0.2, 0.25) is 0 Å². The zero-order chi connectivity index (χ0) is 39.0. The van der Waals surface area contributed by atoms with E-state index in [0.717, 1.165) is 44.9 Å². The van der Waals surface area contributed by atoms with Gasteiger partial charge in [0.25, 0.3) is 0 Å². The van der Waals surface area contributed by atoms with Crippen LogP contribution < -0.4 is 0 Å². The SMILES string of the molecule is CCCCC/C=C\CC1OC1C/C=C\C/C=C\CCCC(=O)OC(COC(=O)CCCCCCCCCCCCC)COP(=O)(O)OCC[N+](C)(C)C. The summed E-state index contributed by atoms with van der Waals surface area (Å²) in [6.45, 7) is 4.30. The molecule has 0 bridgehead atoms. The predicted molar refractivity (Wildman–Crippen MR) is 214 cm³/mol. The first-order valence-electron chi connectivity index (χ1n) is 20.8. The van der Waals surface area contributed by atoms with Gasteiger partial charge < -0.3 is 23.6 Å². The lowest BCUT2D eigenvalue weighted by atomic mass is 10.1. The monoisotopic (exact) mass is 771 g/mol. The van der Waals surface area contributed by atoms with Crippen LogP contribution in [0, 0.1) is 0 Å². The molecule has 10 nitrogen and oxygen atoms in total. The van der Waals surface area contributed by atoms with Gasteiger partial charge in [0.2, 0.25) is 0 Å². The summed E-state index contributed by atoms with van der Waals surface area (Å²) in [6.07, 6.45) is 35.1. The van der Waals surface area contributed by atoms with Crippen LogP contribution in [0.15, 0.2) is 36.5 Å². The first-order chi connectivity index (χ1) is 25.5. The Morgan fingerprint density at radius 3 is 1.85 bits per heavy atom. The minimum absolute atomic E-state index is 0.0194. The van der Waals surface area contributed by atoms with E-state index < -0.39 is 26.5 Å². The molecule has 53 heavy (non-hydrogen) atoms. The molecule has 1 aliphatic rings. The second-order valence-electron chi connectivity index (χ2n) is 15.4. The Balaban J connectivity index is 2.35. The molecule has 308 valence electrons. The van der Waals surface area contributed by atoms with Gasteiger partial charge in [-0.1, -0.05) is 127 Å². The van der Waals surface area contributed by atoms with Gasteiger partial charge in [0, 0.05) is 12.8 Å². The van der Waals surface area contributed by atoms with Gasteiger partial charge in [-0.3, -0.25) is 18.6 Å². The highest BCUT2D eigenvalue weighted by atomic mass is 31.2. The number of nitrogens with zero attached hydrogens (tertiary/aromatic N) is 1. The number of phosphoric acid groups is 1. The first kappa shape index (κ1) is 49.2. The summed E-state index contributed by atoms with van der Waals surface area (Å²) in [5, 5.41) is 0. The van der Waals surface area contributed by atoms with Crippen LogP contribution in [0.25, 0.3) is 0 Å². The molecule has 4 unspecified atom stereocenters. The maximum Gasteiger partial charge on any atom is 0.472 e. The van der Waals surface area contributed by atoms with Gasteiger partial charge in [0.1, 0.15) is 19.8 Å². The highest BCUT2D eigenvalue weighted by Crippen LogP contribution is 2.43. The van der Waals surface area contributed by atoms with Gasteiger partial charge in [0.15, 0.2) is 6.10 Å². The number of esters is 2. The Bertz CT molecular complexity index is 1070. The Labute approximate surface area is 323 Å². The van der Waals surface area contributed by atoms with Crippen LogP contribution in [-0.2, 0) is 37.4 Å². The van der Waals surface area contributed by atoms with Crippen LogP contribution in [0.3, 0.4) is 0 Å². The molecule has 0 saturated carbocycles. The Kier molecular flexibility index (Phi) is 29.2. The molecule has 1 rings (SSSR count). The largest absolute Gasteiger partial charge is 0.472 e. The van der Waals surface area contributed by atoms with Crippen molar-refractivity contribution >= 4 is 19.8 Å². The molecule has 1 heterocycles. The van der Waals surface area contributed by atoms with Crippen LogP contribution in [0.1, 0.15) is 155 Å². The third-order valence-electron chi connectivity index (χ3n) is 9.08. The summed E-state index contributed by atoms with van der Waals surface area (Å²) in [7, 11) is 1.43. The van der Waals surface area contributed by atoms with Crippen molar-refractivity contribution < 1.29 is 46.8 Å². The van der Waals surface area contributed by atoms with E-state index in [-0.39, 0.29) is 32.0 Å². The lowest BCUT2D eigenvalue weighted by Gasteiger charge is -2.24. The smallest absolute Gasteiger partial charge is 0.462 e. The van der Waals surface area contributed by atoms with Crippen molar-refractivity contribution in [1.82, 2.24) is 0 Å². The van der Waals surface area contributed by atoms with E-state index >= 15 is 0 Å². The van der Waals surface area contributed by atoms with Crippen LogP contribution in [0.4, 0.5) is 0 Å². The van der Waals surface area contributed by atoms with Gasteiger partial charge in [-0.15, -0.1) is 0 Å². The number of hydrogen-bond acceptors (Lipinski definition) is 8. The number of quaternary nitrogens is 1. The summed E-state index contributed by atoms with van der Waals surface area (Å²) in [5.74, 6) is -0.871. The average Bonchev–Trinajstić information content (AvgIpc) is 3.86. The number of likely N-dealkylation sites (N-methyl/N-ethyl adjacent to an activating group) is 1. The van der Waals surface area contributed by atoms with E-state index in [2.05, 4.69) is 44.2 Å². The summed E-state index contributed by atoms with van der Waals surface area (Å²) in [6, 6.07) is 0. The predicted octanol–water partition coefficient (Wildman–Crippen LogP) is 10.3. The minimum atomic E-state index is -4.39. The fraction of sp³-hybridized carbons (Fsp3) is 0.810. The van der Waals surface area contributed by atoms with Gasteiger partial charge in [0.05, 0.1) is 40.0 Å². The van der Waals surface area contributed by atoms with E-state index in [4.69, 9.17) is 23.3 Å². The van der Waals surface area contributed by atoms with Gasteiger partial charge in [-0.05, 0) is 51.4 Å². The highest BCUT2D eigenvalue weighted by Gasteiger charge is 2.36. The molecule has 1 N–H and O–H groups in total. The van der Waals surface area contributed by atoms with Gasteiger partial charge >= 0.3 is 19.8 Å². The Morgan fingerprint density at radius 2 is 1.21 bits per heavy atom. The maximum absolute atomic E-state index is 12.7. The molecule has 1 fully saturated rings. The average molecular weight is 771 g/mol. The van der Waals surface area contributed by atoms with E-state index in [0.29, 0.717) is 36.1 Å². The number of carbonyl (C=O) groups is 2. The number of hydrogen-bond donors (Lipinski definition) is 1. The zero-order valence-electron chi connectivity index (χ0n) is 34.2. The van der Waals surface area contributed by atoms with Crippen molar-refractivity contribution in [3.8, 4) is 0 Å². The van der Waals surface area contributed by atoms with Crippen molar-refractivity contribution in [1.29, 1.82) is 0 Å². The number of allylic oxidation sites excluding steroid dienone is 4. The second-order valence-corrected chi connectivity index (χ2v) is 16.9. The summed E-state index contributed by atoms with van der Waals surface area (Å²) >= 11 is 0. The highest BCUT2D eigenvalue weighted by molar-refractivity contribution is 7.47. The number of phosphoric ester groups is 1. The zero-order valence-corrected chi connectivity index (χ0v) is 35.1. The summed E-state index contributed by atoms with van der Waals surface area (Å²) in [4.78, 5) is 35.2. The quantitative estimate of drug-likeness (QED) is 0.0166. The number of unbranched alkanes of at least 4 members (excludes halogenated alkanes) is 14. The molecule has 4 atom stereocenters. The van der Waals surface area contributed by atoms with Crippen molar-refractivity contribution in [2.45, 2.75) is 173 Å². The fourth-order valence-corrected chi connectivity index (χ4v) is 6.38. The minimum Gasteiger partial charge on any atom is -0.462 e. The summed E-state index contributed by atoms with van der Waals surface area (Å²) in [5.41, 5.74) is 0. The molecule has 1 saturated heterocycles.